The van der Waals surface area contributed by atoms with Gasteiger partial charge >= 0.3 is 0 Å². The van der Waals surface area contributed by atoms with Gasteiger partial charge < -0.3 is 15.8 Å². The van der Waals surface area contributed by atoms with Crippen LogP contribution in [0.5, 0.6) is 0 Å². The number of nitrogens with zero attached hydrogens (tertiary/aromatic N) is 2. The van der Waals surface area contributed by atoms with Gasteiger partial charge in [0.05, 0.1) is 17.3 Å². The number of benzene rings is 1. The number of para-hydroxylation sites is 1. The summed E-state index contributed by atoms with van der Waals surface area (Å²) in [7, 11) is 1.67. The lowest BCUT2D eigenvalue weighted by atomic mass is 9.98. The highest BCUT2D eigenvalue weighted by Gasteiger charge is 2.17. The Balaban J connectivity index is 0.00000312. The molecule has 0 unspecified atom stereocenters. The van der Waals surface area contributed by atoms with Gasteiger partial charge in [-0.3, -0.25) is 4.99 Å². The van der Waals surface area contributed by atoms with Crippen LogP contribution in [0.3, 0.4) is 0 Å². The minimum absolute atomic E-state index is 0. The third-order valence-corrected chi connectivity index (χ3v) is 4.74. The van der Waals surface area contributed by atoms with E-state index in [1.165, 1.54) is 0 Å². The molecule has 0 fully saturated rings. The highest BCUT2D eigenvalue weighted by molar-refractivity contribution is 14.0. The lowest BCUT2D eigenvalue weighted by Crippen LogP contribution is -2.23. The number of thiazole rings is 1. The highest BCUT2D eigenvalue weighted by atomic mass is 127. The molecular formula is C18H27IN4OS. The Bertz CT molecular complexity index is 694. The van der Waals surface area contributed by atoms with Crippen LogP contribution in [-0.4, -0.2) is 24.6 Å². The Morgan fingerprint density at radius 3 is 2.68 bits per heavy atom. The van der Waals surface area contributed by atoms with E-state index in [-0.39, 0.29) is 29.4 Å². The maximum Gasteiger partial charge on any atom is 0.193 e. The molecule has 0 aliphatic heterocycles. The Morgan fingerprint density at radius 2 is 2.04 bits per heavy atom. The molecule has 0 saturated carbocycles. The number of methoxy groups -OCH3 is 1. The third-order valence-electron chi connectivity index (χ3n) is 3.42. The first kappa shape index (κ1) is 21.9. The summed E-state index contributed by atoms with van der Waals surface area (Å²) >= 11 is 1.71. The lowest BCUT2D eigenvalue weighted by Gasteiger charge is -2.13. The summed E-state index contributed by atoms with van der Waals surface area (Å²) in [6.07, 6.45) is 0.786. The first-order valence-corrected chi connectivity index (χ1v) is 8.87. The maximum absolute atomic E-state index is 5.99. The molecule has 2 rings (SSSR count). The Kier molecular flexibility index (Phi) is 8.81. The van der Waals surface area contributed by atoms with Crippen LogP contribution in [-0.2, 0) is 23.2 Å². The van der Waals surface area contributed by atoms with E-state index >= 15 is 0 Å². The van der Waals surface area contributed by atoms with E-state index in [1.807, 2.05) is 24.3 Å². The number of rotatable bonds is 6. The normalized spacial score (nSPS) is 11.9. The zero-order valence-electron chi connectivity index (χ0n) is 15.2. The number of halogens is 1. The Hall–Kier alpha value is -1.19. The van der Waals surface area contributed by atoms with Crippen LogP contribution < -0.4 is 11.1 Å². The number of hydrogen-bond acceptors (Lipinski definition) is 4. The number of anilines is 1. The van der Waals surface area contributed by atoms with Gasteiger partial charge in [0, 0.05) is 42.1 Å². The molecule has 0 spiro atoms. The van der Waals surface area contributed by atoms with Gasteiger partial charge in [0.2, 0.25) is 0 Å². The van der Waals surface area contributed by atoms with Crippen molar-refractivity contribution in [1.82, 2.24) is 4.98 Å². The second kappa shape index (κ2) is 10.1. The van der Waals surface area contributed by atoms with Crippen molar-refractivity contribution in [2.75, 3.05) is 19.0 Å². The van der Waals surface area contributed by atoms with E-state index in [4.69, 9.17) is 10.5 Å². The Labute approximate surface area is 171 Å². The topological polar surface area (TPSA) is 72.5 Å². The fraction of sp³-hybridized carbons (Fsp3) is 0.444. The molecule has 1 heterocycles. The summed E-state index contributed by atoms with van der Waals surface area (Å²) in [6, 6.07) is 7.90. The van der Waals surface area contributed by atoms with Gasteiger partial charge in [-0.1, -0.05) is 39.0 Å². The number of ether oxygens (including phenoxy) is 1. The van der Waals surface area contributed by atoms with Crippen LogP contribution in [0.2, 0.25) is 0 Å². The van der Waals surface area contributed by atoms with Crippen LogP contribution >= 0.6 is 35.3 Å². The van der Waals surface area contributed by atoms with Gasteiger partial charge in [0.15, 0.2) is 5.96 Å². The van der Waals surface area contributed by atoms with Gasteiger partial charge in [-0.25, -0.2) is 4.98 Å². The van der Waals surface area contributed by atoms with Crippen molar-refractivity contribution in [2.45, 2.75) is 39.2 Å². The quantitative estimate of drug-likeness (QED) is 0.375. The fourth-order valence-corrected chi connectivity index (χ4v) is 3.10. The number of aromatic nitrogens is 1. The van der Waals surface area contributed by atoms with Crippen molar-refractivity contribution < 1.29 is 4.74 Å². The van der Waals surface area contributed by atoms with Crippen molar-refractivity contribution >= 4 is 47.0 Å². The summed E-state index contributed by atoms with van der Waals surface area (Å²) in [5.74, 6) is 0.407. The molecule has 138 valence electrons. The third kappa shape index (κ3) is 6.91. The molecule has 7 heteroatoms. The van der Waals surface area contributed by atoms with Gasteiger partial charge in [-0.15, -0.1) is 35.3 Å². The molecule has 0 aliphatic rings. The van der Waals surface area contributed by atoms with Crippen molar-refractivity contribution in [1.29, 1.82) is 0 Å². The molecular weight excluding hydrogens is 447 g/mol. The molecule has 2 aromatic rings. The second-order valence-electron chi connectivity index (χ2n) is 6.63. The van der Waals surface area contributed by atoms with Crippen molar-refractivity contribution in [3.63, 3.8) is 0 Å². The maximum atomic E-state index is 5.99. The minimum atomic E-state index is 0. The summed E-state index contributed by atoms with van der Waals surface area (Å²) < 4.78 is 5.19. The zero-order valence-corrected chi connectivity index (χ0v) is 18.4. The summed E-state index contributed by atoms with van der Waals surface area (Å²) in [5, 5.41) is 6.40. The second-order valence-corrected chi connectivity index (χ2v) is 7.48. The lowest BCUT2D eigenvalue weighted by molar-refractivity contribution is 0.185. The molecule has 0 atom stereocenters. The van der Waals surface area contributed by atoms with Crippen molar-refractivity contribution in [2.24, 2.45) is 10.7 Å². The van der Waals surface area contributed by atoms with E-state index in [1.54, 1.807) is 18.4 Å². The van der Waals surface area contributed by atoms with Crippen LogP contribution in [0.4, 0.5) is 5.69 Å². The predicted molar refractivity (Wildman–Crippen MR) is 117 cm³/mol. The number of guanidine groups is 1. The Morgan fingerprint density at radius 1 is 1.32 bits per heavy atom. The molecule has 0 aliphatic carbocycles. The van der Waals surface area contributed by atoms with Gasteiger partial charge in [-0.2, -0.15) is 0 Å². The number of aliphatic imine (C=N–C) groups is 1. The molecule has 1 aromatic heterocycles. The SMILES string of the molecule is COCc1ccccc1NC(N)=NCCc1csc(C(C)(C)C)n1.I. The first-order valence-electron chi connectivity index (χ1n) is 7.99. The van der Waals surface area contributed by atoms with E-state index < -0.39 is 0 Å². The van der Waals surface area contributed by atoms with Crippen molar-refractivity contribution in [3.8, 4) is 0 Å². The minimum Gasteiger partial charge on any atom is -0.380 e. The summed E-state index contributed by atoms with van der Waals surface area (Å²) in [6.45, 7) is 7.66. The summed E-state index contributed by atoms with van der Waals surface area (Å²) in [5.41, 5.74) is 9.12. The van der Waals surface area contributed by atoms with E-state index in [2.05, 4.69) is 41.4 Å². The molecule has 1 aromatic carbocycles. The standard InChI is InChI=1S/C18H26N4OS.HI/c1-18(2,3)16-21-14(12-24-16)9-10-20-17(19)22-15-8-6-5-7-13(15)11-23-4;/h5-8,12H,9-11H2,1-4H3,(H3,19,20,22);1H. The molecule has 0 saturated heterocycles. The van der Waals surface area contributed by atoms with E-state index in [9.17, 15) is 0 Å². The number of nitrogens with two attached hydrogens (primary N) is 1. The molecule has 0 bridgehead atoms. The highest BCUT2D eigenvalue weighted by Crippen LogP contribution is 2.25. The van der Waals surface area contributed by atoms with Crippen LogP contribution in [0.15, 0.2) is 34.6 Å². The molecule has 25 heavy (non-hydrogen) atoms. The molecule has 3 N–H and O–H groups in total. The first-order chi connectivity index (χ1) is 11.4. The van der Waals surface area contributed by atoms with Gasteiger partial charge in [-0.05, 0) is 6.07 Å². The smallest absolute Gasteiger partial charge is 0.193 e. The molecule has 0 amide bonds. The largest absolute Gasteiger partial charge is 0.380 e. The number of hydrogen-bond donors (Lipinski definition) is 2. The summed E-state index contributed by atoms with van der Waals surface area (Å²) in [4.78, 5) is 9.07. The van der Waals surface area contributed by atoms with Crippen LogP contribution in [0.1, 0.15) is 37.0 Å². The average molecular weight is 474 g/mol. The van der Waals surface area contributed by atoms with Crippen molar-refractivity contribution in [3.05, 3.63) is 45.9 Å². The van der Waals surface area contributed by atoms with E-state index in [0.717, 1.165) is 28.4 Å². The van der Waals surface area contributed by atoms with Gasteiger partial charge in [0.25, 0.3) is 0 Å². The molecule has 0 radical (unpaired) electrons. The van der Waals surface area contributed by atoms with E-state index in [0.29, 0.717) is 19.1 Å². The van der Waals surface area contributed by atoms with Gasteiger partial charge in [0.1, 0.15) is 0 Å². The zero-order chi connectivity index (χ0) is 17.6. The number of nitrogens with one attached hydrogen (secondary N) is 1. The fourth-order valence-electron chi connectivity index (χ4n) is 2.16. The predicted octanol–water partition coefficient (Wildman–Crippen LogP) is 4.17. The van der Waals surface area contributed by atoms with Crippen LogP contribution in [0, 0.1) is 0 Å². The average Bonchev–Trinajstić information content (AvgIpc) is 2.98. The van der Waals surface area contributed by atoms with Crippen LogP contribution in [0.25, 0.3) is 0 Å². The monoisotopic (exact) mass is 474 g/mol. The molecule has 5 nitrogen and oxygen atoms in total.